The molecule has 0 aliphatic carbocycles. The van der Waals surface area contributed by atoms with Gasteiger partial charge in [-0.15, -0.1) is 0 Å². The molecule has 0 radical (unpaired) electrons. The van der Waals surface area contributed by atoms with E-state index in [1.165, 1.54) is 10.5 Å². The maximum atomic E-state index is 13.1. The average Bonchev–Trinajstić information content (AvgIpc) is 2.96. The number of imide groups is 1. The number of carbonyl (C=O) groups is 2. The number of urea groups is 1. The first kappa shape index (κ1) is 20.6. The van der Waals surface area contributed by atoms with Gasteiger partial charge in [-0.1, -0.05) is 83.0 Å². The molecule has 148 valence electrons. The molecule has 28 heavy (non-hydrogen) atoms. The standard InChI is InChI=1S/C23H27BrN2O2/c1-17-21(19-14-7-4-8-15-19)26(23(28)25(17)2)22(27)20(24)16-10-9-13-18-11-5-3-6-12-18/h3-8,11-12,14-15,17,20-21H,9-10,13,16H2,1-2H3/t17-,20+,21-/m0/s1. The summed E-state index contributed by atoms with van der Waals surface area (Å²) in [7, 11) is 1.76. The predicted molar refractivity (Wildman–Crippen MR) is 115 cm³/mol. The lowest BCUT2D eigenvalue weighted by molar-refractivity contribution is -0.128. The largest absolute Gasteiger partial charge is 0.327 e. The zero-order valence-electron chi connectivity index (χ0n) is 16.4. The first-order valence-electron chi connectivity index (χ1n) is 9.83. The van der Waals surface area contributed by atoms with Crippen LogP contribution in [0.5, 0.6) is 0 Å². The van der Waals surface area contributed by atoms with Gasteiger partial charge in [-0.05, 0) is 37.3 Å². The maximum Gasteiger partial charge on any atom is 0.327 e. The number of unbranched alkanes of at least 4 members (excludes halogenated alkanes) is 1. The molecule has 0 aromatic heterocycles. The van der Waals surface area contributed by atoms with E-state index >= 15 is 0 Å². The molecule has 2 aromatic rings. The van der Waals surface area contributed by atoms with Gasteiger partial charge in [0, 0.05) is 7.05 Å². The molecule has 3 atom stereocenters. The van der Waals surface area contributed by atoms with Gasteiger partial charge in [0.05, 0.1) is 16.9 Å². The second kappa shape index (κ2) is 9.37. The molecule has 3 rings (SSSR count). The SMILES string of the molecule is C[C@H]1[C@@H](c2ccccc2)N(C(=O)[C@H](Br)CCCCc2ccccc2)C(=O)N1C. The summed E-state index contributed by atoms with van der Waals surface area (Å²) in [6.07, 6.45) is 3.67. The number of hydrogen-bond donors (Lipinski definition) is 0. The second-order valence-electron chi connectivity index (χ2n) is 7.40. The summed E-state index contributed by atoms with van der Waals surface area (Å²) < 4.78 is 0. The minimum Gasteiger partial charge on any atom is -0.322 e. The van der Waals surface area contributed by atoms with Crippen LogP contribution in [0.4, 0.5) is 4.79 Å². The molecule has 0 unspecified atom stereocenters. The number of rotatable bonds is 7. The van der Waals surface area contributed by atoms with E-state index in [4.69, 9.17) is 0 Å². The molecule has 4 nitrogen and oxygen atoms in total. The molecule has 3 amide bonds. The van der Waals surface area contributed by atoms with Gasteiger partial charge in [0.1, 0.15) is 0 Å². The first-order chi connectivity index (χ1) is 13.5. The van der Waals surface area contributed by atoms with Crippen LogP contribution in [0.3, 0.4) is 0 Å². The van der Waals surface area contributed by atoms with Crippen LogP contribution < -0.4 is 0 Å². The average molecular weight is 443 g/mol. The Hall–Kier alpha value is -2.14. The number of nitrogens with zero attached hydrogens (tertiary/aromatic N) is 2. The Labute approximate surface area is 175 Å². The van der Waals surface area contributed by atoms with Gasteiger partial charge < -0.3 is 4.90 Å². The van der Waals surface area contributed by atoms with E-state index in [1.54, 1.807) is 11.9 Å². The molecular weight excluding hydrogens is 416 g/mol. The number of alkyl halides is 1. The van der Waals surface area contributed by atoms with E-state index in [9.17, 15) is 9.59 Å². The number of carbonyl (C=O) groups excluding carboxylic acids is 2. The zero-order chi connectivity index (χ0) is 20.1. The molecule has 1 heterocycles. The monoisotopic (exact) mass is 442 g/mol. The summed E-state index contributed by atoms with van der Waals surface area (Å²) in [6, 6.07) is 19.6. The fourth-order valence-corrected chi connectivity index (χ4v) is 4.32. The van der Waals surface area contributed by atoms with Crippen LogP contribution in [0.1, 0.15) is 43.4 Å². The van der Waals surface area contributed by atoms with Crippen molar-refractivity contribution in [2.24, 2.45) is 0 Å². The summed E-state index contributed by atoms with van der Waals surface area (Å²) in [6.45, 7) is 1.99. The van der Waals surface area contributed by atoms with Crippen molar-refractivity contribution in [2.45, 2.75) is 49.5 Å². The molecule has 0 saturated carbocycles. The lowest BCUT2D eigenvalue weighted by Gasteiger charge is -2.26. The molecule has 1 saturated heterocycles. The molecular formula is C23H27BrN2O2. The van der Waals surface area contributed by atoms with Crippen molar-refractivity contribution in [1.82, 2.24) is 9.80 Å². The molecule has 0 spiro atoms. The third-order valence-electron chi connectivity index (χ3n) is 5.52. The van der Waals surface area contributed by atoms with Crippen molar-refractivity contribution in [1.29, 1.82) is 0 Å². The normalized spacial score (nSPS) is 20.5. The van der Waals surface area contributed by atoms with E-state index in [2.05, 4.69) is 28.1 Å². The van der Waals surface area contributed by atoms with E-state index < -0.39 is 0 Å². The Morgan fingerprint density at radius 1 is 1.04 bits per heavy atom. The molecule has 0 N–H and O–H groups in total. The Morgan fingerprint density at radius 2 is 1.64 bits per heavy atom. The van der Waals surface area contributed by atoms with Gasteiger partial charge in [0.25, 0.3) is 0 Å². The van der Waals surface area contributed by atoms with Crippen molar-refractivity contribution in [3.8, 4) is 0 Å². The Morgan fingerprint density at radius 3 is 2.29 bits per heavy atom. The smallest absolute Gasteiger partial charge is 0.322 e. The molecule has 1 fully saturated rings. The number of likely N-dealkylation sites (N-methyl/N-ethyl adjacent to an activating group) is 1. The van der Waals surface area contributed by atoms with Crippen LogP contribution in [0.15, 0.2) is 60.7 Å². The summed E-state index contributed by atoms with van der Waals surface area (Å²) in [4.78, 5) is 28.6. The molecule has 1 aliphatic heterocycles. The van der Waals surface area contributed by atoms with Crippen molar-refractivity contribution in [3.05, 3.63) is 71.8 Å². The highest BCUT2D eigenvalue weighted by molar-refractivity contribution is 9.10. The van der Waals surface area contributed by atoms with E-state index in [0.717, 1.165) is 31.2 Å². The molecule has 1 aliphatic rings. The predicted octanol–water partition coefficient (Wildman–Crippen LogP) is 5.19. The van der Waals surface area contributed by atoms with Crippen LogP contribution in [-0.4, -0.2) is 39.7 Å². The number of amides is 3. The van der Waals surface area contributed by atoms with Crippen LogP contribution >= 0.6 is 15.9 Å². The van der Waals surface area contributed by atoms with Crippen molar-refractivity contribution >= 4 is 27.9 Å². The van der Waals surface area contributed by atoms with Crippen LogP contribution in [-0.2, 0) is 11.2 Å². The third-order valence-corrected chi connectivity index (χ3v) is 6.37. The van der Waals surface area contributed by atoms with E-state index in [-0.39, 0.29) is 28.8 Å². The minimum absolute atomic E-state index is 0.0587. The Bertz CT molecular complexity index is 797. The van der Waals surface area contributed by atoms with Gasteiger partial charge >= 0.3 is 6.03 Å². The minimum atomic E-state index is -0.350. The topological polar surface area (TPSA) is 40.6 Å². The first-order valence-corrected chi connectivity index (χ1v) is 10.7. The summed E-state index contributed by atoms with van der Waals surface area (Å²) in [5.74, 6) is -0.144. The number of halogens is 1. The number of hydrogen-bond acceptors (Lipinski definition) is 2. The quantitative estimate of drug-likeness (QED) is 0.437. The van der Waals surface area contributed by atoms with Gasteiger partial charge in [0.2, 0.25) is 5.91 Å². The molecule has 5 heteroatoms. The third kappa shape index (κ3) is 4.46. The highest BCUT2D eigenvalue weighted by Crippen LogP contribution is 2.36. The summed E-state index contributed by atoms with van der Waals surface area (Å²) >= 11 is 3.55. The fourth-order valence-electron chi connectivity index (χ4n) is 3.77. The van der Waals surface area contributed by atoms with E-state index in [1.807, 2.05) is 55.5 Å². The van der Waals surface area contributed by atoms with Crippen molar-refractivity contribution in [2.75, 3.05) is 7.05 Å². The Kier molecular flexibility index (Phi) is 6.89. The van der Waals surface area contributed by atoms with Gasteiger partial charge in [-0.2, -0.15) is 0 Å². The summed E-state index contributed by atoms with van der Waals surface area (Å²) in [5, 5.41) is 0. The van der Waals surface area contributed by atoms with Crippen molar-refractivity contribution in [3.63, 3.8) is 0 Å². The Balaban J connectivity index is 1.62. The lowest BCUT2D eigenvalue weighted by Crippen LogP contribution is -2.40. The van der Waals surface area contributed by atoms with E-state index in [0.29, 0.717) is 0 Å². The highest BCUT2D eigenvalue weighted by Gasteiger charge is 2.46. The molecule has 2 aromatic carbocycles. The van der Waals surface area contributed by atoms with Crippen LogP contribution in [0.2, 0.25) is 0 Å². The van der Waals surface area contributed by atoms with Gasteiger partial charge in [0.15, 0.2) is 0 Å². The van der Waals surface area contributed by atoms with Crippen molar-refractivity contribution < 1.29 is 9.59 Å². The zero-order valence-corrected chi connectivity index (χ0v) is 18.0. The number of aryl methyl sites for hydroxylation is 1. The second-order valence-corrected chi connectivity index (χ2v) is 8.50. The lowest BCUT2D eigenvalue weighted by atomic mass is 9.99. The number of benzene rings is 2. The molecule has 0 bridgehead atoms. The van der Waals surface area contributed by atoms with Crippen LogP contribution in [0.25, 0.3) is 0 Å². The van der Waals surface area contributed by atoms with Gasteiger partial charge in [-0.25, -0.2) is 4.79 Å². The summed E-state index contributed by atoms with van der Waals surface area (Å²) in [5.41, 5.74) is 2.30. The van der Waals surface area contributed by atoms with Crippen LogP contribution in [0, 0.1) is 0 Å². The highest BCUT2D eigenvalue weighted by atomic mass is 79.9. The maximum absolute atomic E-state index is 13.1. The van der Waals surface area contributed by atoms with Gasteiger partial charge in [-0.3, -0.25) is 9.69 Å². The fraction of sp³-hybridized carbons (Fsp3) is 0.391.